The fourth-order valence-corrected chi connectivity index (χ4v) is 2.91. The Kier molecular flexibility index (Phi) is 12.7. The minimum atomic E-state index is 0.371. The summed E-state index contributed by atoms with van der Waals surface area (Å²) in [7, 11) is 0. The summed E-state index contributed by atoms with van der Waals surface area (Å²) < 4.78 is 0. The maximum Gasteiger partial charge on any atom is 0.0819 e. The second kappa shape index (κ2) is 14.7. The zero-order chi connectivity index (χ0) is 19.0. The molecule has 0 aliphatic carbocycles. The Morgan fingerprint density at radius 1 is 1.27 bits per heavy atom. The van der Waals surface area contributed by atoms with E-state index >= 15 is 0 Å². The van der Waals surface area contributed by atoms with Gasteiger partial charge >= 0.3 is 0 Å². The number of rotatable bonds is 14. The molecule has 0 aromatic heterocycles. The molecule has 1 aromatic rings. The zero-order valence-electron chi connectivity index (χ0n) is 16.7. The van der Waals surface area contributed by atoms with Crippen molar-refractivity contribution in [2.45, 2.75) is 71.8 Å². The van der Waals surface area contributed by atoms with Crippen LogP contribution in [0.2, 0.25) is 0 Å². The molecule has 0 fully saturated rings. The van der Waals surface area contributed by atoms with Crippen LogP contribution in [-0.4, -0.2) is 24.1 Å². The van der Waals surface area contributed by atoms with E-state index < -0.39 is 0 Å². The van der Waals surface area contributed by atoms with Crippen LogP contribution in [0.1, 0.15) is 76.5 Å². The molecule has 0 bridgehead atoms. The van der Waals surface area contributed by atoms with Crippen molar-refractivity contribution in [1.82, 2.24) is 5.32 Å². The SMILES string of the molecule is CCCCc1ccccc1C(C)NCC/C=C/N=C(C)CCCCOO. The monoisotopic (exact) mass is 360 g/mol. The highest BCUT2D eigenvalue weighted by Gasteiger charge is 2.08. The molecule has 0 amide bonds. The molecule has 1 rings (SSSR count). The summed E-state index contributed by atoms with van der Waals surface area (Å²) in [5, 5.41) is 11.9. The van der Waals surface area contributed by atoms with E-state index in [2.05, 4.69) is 59.4 Å². The number of nitrogens with zero attached hydrogens (tertiary/aromatic N) is 1. The van der Waals surface area contributed by atoms with Gasteiger partial charge in [-0.3, -0.25) is 10.2 Å². The Labute approximate surface area is 159 Å². The molecular weight excluding hydrogens is 324 g/mol. The molecule has 4 heteroatoms. The van der Waals surface area contributed by atoms with Gasteiger partial charge in [0.25, 0.3) is 0 Å². The summed E-state index contributed by atoms with van der Waals surface area (Å²) in [6.07, 6.45) is 11.4. The highest BCUT2D eigenvalue weighted by molar-refractivity contribution is 5.82. The molecule has 0 heterocycles. The molecule has 0 saturated heterocycles. The van der Waals surface area contributed by atoms with Crippen LogP contribution in [0, 0.1) is 0 Å². The van der Waals surface area contributed by atoms with Gasteiger partial charge in [-0.25, -0.2) is 4.89 Å². The predicted octanol–water partition coefficient (Wildman–Crippen LogP) is 5.70. The summed E-state index contributed by atoms with van der Waals surface area (Å²) in [5.74, 6) is 0. The Morgan fingerprint density at radius 2 is 2.08 bits per heavy atom. The van der Waals surface area contributed by atoms with Crippen molar-refractivity contribution in [1.29, 1.82) is 0 Å². The summed E-state index contributed by atoms with van der Waals surface area (Å²) in [6, 6.07) is 9.14. The zero-order valence-corrected chi connectivity index (χ0v) is 16.7. The topological polar surface area (TPSA) is 53.9 Å². The van der Waals surface area contributed by atoms with Crippen molar-refractivity contribution in [3.05, 3.63) is 47.7 Å². The minimum absolute atomic E-state index is 0.371. The Hall–Kier alpha value is -1.49. The third kappa shape index (κ3) is 9.85. The number of hydrogen-bond donors (Lipinski definition) is 2. The minimum Gasteiger partial charge on any atom is -0.310 e. The van der Waals surface area contributed by atoms with Gasteiger partial charge in [-0.05, 0) is 70.0 Å². The molecule has 0 spiro atoms. The van der Waals surface area contributed by atoms with Crippen LogP contribution in [0.3, 0.4) is 0 Å². The van der Waals surface area contributed by atoms with E-state index in [4.69, 9.17) is 5.26 Å². The average molecular weight is 361 g/mol. The maximum atomic E-state index is 8.27. The molecular formula is C22H36N2O2. The lowest BCUT2D eigenvalue weighted by Gasteiger charge is -2.17. The van der Waals surface area contributed by atoms with E-state index in [0.717, 1.165) is 44.4 Å². The number of nitrogens with one attached hydrogen (secondary N) is 1. The van der Waals surface area contributed by atoms with E-state index in [1.165, 1.54) is 24.0 Å². The highest BCUT2D eigenvalue weighted by atomic mass is 17.1. The maximum absolute atomic E-state index is 8.27. The van der Waals surface area contributed by atoms with Crippen molar-refractivity contribution in [2.75, 3.05) is 13.2 Å². The Bertz CT molecular complexity index is 541. The molecule has 1 aromatic carbocycles. The van der Waals surface area contributed by atoms with Crippen LogP contribution in [0.5, 0.6) is 0 Å². The van der Waals surface area contributed by atoms with Crippen LogP contribution in [0.4, 0.5) is 0 Å². The molecule has 0 aliphatic rings. The molecule has 0 saturated carbocycles. The van der Waals surface area contributed by atoms with Crippen LogP contribution in [-0.2, 0) is 11.3 Å². The molecule has 2 N–H and O–H groups in total. The first-order valence-electron chi connectivity index (χ1n) is 9.94. The van der Waals surface area contributed by atoms with Gasteiger partial charge in [0.05, 0.1) is 6.61 Å². The fraction of sp³-hybridized carbons (Fsp3) is 0.591. The van der Waals surface area contributed by atoms with Crippen molar-refractivity contribution >= 4 is 5.71 Å². The third-order valence-corrected chi connectivity index (χ3v) is 4.51. The molecule has 26 heavy (non-hydrogen) atoms. The van der Waals surface area contributed by atoms with Crippen LogP contribution in [0.25, 0.3) is 0 Å². The van der Waals surface area contributed by atoms with Gasteiger partial charge in [0.15, 0.2) is 0 Å². The first-order chi connectivity index (χ1) is 12.7. The molecule has 0 aliphatic heterocycles. The smallest absolute Gasteiger partial charge is 0.0819 e. The molecule has 1 unspecified atom stereocenters. The predicted molar refractivity (Wildman–Crippen MR) is 111 cm³/mol. The number of unbranched alkanes of at least 4 members (excludes halogenated alkanes) is 2. The summed E-state index contributed by atoms with van der Waals surface area (Å²) in [6.45, 7) is 7.87. The van der Waals surface area contributed by atoms with Gasteiger partial charge in [-0.2, -0.15) is 0 Å². The van der Waals surface area contributed by atoms with Gasteiger partial charge in [0.1, 0.15) is 0 Å². The van der Waals surface area contributed by atoms with Gasteiger partial charge < -0.3 is 5.32 Å². The standard InChI is InChI=1S/C22H36N2O2/c1-4-5-13-21-14-6-7-15-22(21)20(3)24-17-10-9-16-23-19(2)12-8-11-18-26-25/h6-7,9,14-16,20,24-25H,4-5,8,10-13,17-18H2,1-3H3/b16-9+,23-19?. The average Bonchev–Trinajstić information content (AvgIpc) is 2.66. The largest absolute Gasteiger partial charge is 0.310 e. The highest BCUT2D eigenvalue weighted by Crippen LogP contribution is 2.19. The van der Waals surface area contributed by atoms with Crippen LogP contribution >= 0.6 is 0 Å². The van der Waals surface area contributed by atoms with Crippen molar-refractivity contribution in [3.63, 3.8) is 0 Å². The van der Waals surface area contributed by atoms with E-state index in [0.29, 0.717) is 12.6 Å². The van der Waals surface area contributed by atoms with Crippen molar-refractivity contribution in [3.8, 4) is 0 Å². The lowest BCUT2D eigenvalue weighted by Crippen LogP contribution is -2.20. The van der Waals surface area contributed by atoms with Gasteiger partial charge in [-0.1, -0.05) is 43.7 Å². The Morgan fingerprint density at radius 3 is 2.85 bits per heavy atom. The normalized spacial score (nSPS) is 13.5. The lowest BCUT2D eigenvalue weighted by atomic mass is 9.97. The number of benzene rings is 1. The molecule has 0 radical (unpaired) electrons. The molecule has 4 nitrogen and oxygen atoms in total. The number of aryl methyl sites for hydroxylation is 1. The Balaban J connectivity index is 2.30. The van der Waals surface area contributed by atoms with E-state index in [-0.39, 0.29) is 0 Å². The molecule has 146 valence electrons. The van der Waals surface area contributed by atoms with Gasteiger partial charge in [0.2, 0.25) is 0 Å². The summed E-state index contributed by atoms with van der Waals surface area (Å²) in [4.78, 5) is 8.52. The quantitative estimate of drug-likeness (QED) is 0.193. The van der Waals surface area contributed by atoms with E-state index in [9.17, 15) is 0 Å². The second-order valence-corrected chi connectivity index (χ2v) is 6.81. The number of aliphatic imine (C=N–C) groups is 1. The molecule has 1 atom stereocenters. The van der Waals surface area contributed by atoms with Gasteiger partial charge in [-0.15, -0.1) is 0 Å². The summed E-state index contributed by atoms with van der Waals surface area (Å²) >= 11 is 0. The van der Waals surface area contributed by atoms with Crippen molar-refractivity contribution < 1.29 is 10.1 Å². The third-order valence-electron chi connectivity index (χ3n) is 4.51. The van der Waals surface area contributed by atoms with Crippen molar-refractivity contribution in [2.24, 2.45) is 4.99 Å². The summed E-state index contributed by atoms with van der Waals surface area (Å²) in [5.41, 5.74) is 4.01. The van der Waals surface area contributed by atoms with Gasteiger partial charge in [0, 0.05) is 18.0 Å². The second-order valence-electron chi connectivity index (χ2n) is 6.81. The first kappa shape index (κ1) is 22.6. The lowest BCUT2D eigenvalue weighted by molar-refractivity contribution is -0.242. The van der Waals surface area contributed by atoms with Crippen LogP contribution in [0.15, 0.2) is 41.5 Å². The van der Waals surface area contributed by atoms with Crippen LogP contribution < -0.4 is 5.32 Å². The van der Waals surface area contributed by atoms with E-state index in [1.807, 2.05) is 13.1 Å². The number of hydrogen-bond acceptors (Lipinski definition) is 4. The van der Waals surface area contributed by atoms with E-state index in [1.54, 1.807) is 0 Å². The first-order valence-corrected chi connectivity index (χ1v) is 9.94. The fourth-order valence-electron chi connectivity index (χ4n) is 2.91.